The first-order valence-corrected chi connectivity index (χ1v) is 13.9. The normalized spacial score (nSPS) is 14.6. The van der Waals surface area contributed by atoms with Gasteiger partial charge in [-0.15, -0.1) is 0 Å². The molecule has 1 aromatic heterocycles. The number of hydrogen-bond donors (Lipinski definition) is 4. The average molecular weight is 546 g/mol. The molecule has 9 nitrogen and oxygen atoms in total. The highest BCUT2D eigenvalue weighted by molar-refractivity contribution is 5.92. The molecule has 2 aromatic rings. The third kappa shape index (κ3) is 11.4. The summed E-state index contributed by atoms with van der Waals surface area (Å²) < 4.78 is 16.2. The smallest absolute Gasteiger partial charge is 0.224 e. The SMILES string of the molecule is COCCCOc1ccccc1NC(=O)C[C@@H](C[C@H](N)[C@@H](O)C[C@H](C(=O)NCc1ccco1)C(C)C)C(C)C. The Hall–Kier alpha value is -2.88. The Morgan fingerprint density at radius 3 is 2.41 bits per heavy atom. The Labute approximate surface area is 232 Å². The second kappa shape index (κ2) is 16.9. The molecule has 0 saturated carbocycles. The lowest BCUT2D eigenvalue weighted by Gasteiger charge is -2.29. The molecule has 2 amide bonds. The van der Waals surface area contributed by atoms with Crippen molar-refractivity contribution in [1.29, 1.82) is 0 Å². The van der Waals surface area contributed by atoms with Gasteiger partial charge in [0.2, 0.25) is 11.8 Å². The van der Waals surface area contributed by atoms with E-state index in [-0.39, 0.29) is 42.4 Å². The Balaban J connectivity index is 1.93. The Morgan fingerprint density at radius 2 is 1.77 bits per heavy atom. The first-order valence-electron chi connectivity index (χ1n) is 13.9. The number of aliphatic hydroxyl groups is 1. The molecule has 39 heavy (non-hydrogen) atoms. The molecule has 9 heteroatoms. The highest BCUT2D eigenvalue weighted by Gasteiger charge is 2.30. The van der Waals surface area contributed by atoms with Crippen LogP contribution in [0.4, 0.5) is 5.69 Å². The van der Waals surface area contributed by atoms with Crippen LogP contribution in [0.15, 0.2) is 47.1 Å². The van der Waals surface area contributed by atoms with Crippen LogP contribution < -0.4 is 21.1 Å². The van der Waals surface area contributed by atoms with Gasteiger partial charge in [-0.3, -0.25) is 9.59 Å². The molecule has 0 spiro atoms. The summed E-state index contributed by atoms with van der Waals surface area (Å²) in [6.07, 6.45) is 2.39. The lowest BCUT2D eigenvalue weighted by atomic mass is 9.82. The van der Waals surface area contributed by atoms with Gasteiger partial charge in [0.25, 0.3) is 0 Å². The number of hydrogen-bond acceptors (Lipinski definition) is 7. The lowest BCUT2D eigenvalue weighted by molar-refractivity contribution is -0.128. The van der Waals surface area contributed by atoms with Crippen LogP contribution in [0.2, 0.25) is 0 Å². The van der Waals surface area contributed by atoms with Gasteiger partial charge in [-0.1, -0.05) is 39.8 Å². The second-order valence-corrected chi connectivity index (χ2v) is 10.8. The number of nitrogens with one attached hydrogen (secondary N) is 2. The number of ether oxygens (including phenoxy) is 2. The van der Waals surface area contributed by atoms with Crippen LogP contribution in [0.5, 0.6) is 5.75 Å². The first kappa shape index (κ1) is 32.3. The van der Waals surface area contributed by atoms with E-state index < -0.39 is 18.1 Å². The maximum atomic E-state index is 13.0. The highest BCUT2D eigenvalue weighted by Crippen LogP contribution is 2.28. The third-order valence-corrected chi connectivity index (χ3v) is 7.02. The zero-order valence-corrected chi connectivity index (χ0v) is 24.0. The number of amides is 2. The number of anilines is 1. The Bertz CT molecular complexity index is 979. The van der Waals surface area contributed by atoms with Crippen molar-refractivity contribution < 1.29 is 28.6 Å². The van der Waals surface area contributed by atoms with E-state index in [4.69, 9.17) is 19.6 Å². The number of carbonyl (C=O) groups is 2. The molecule has 4 atom stereocenters. The predicted octanol–water partition coefficient (Wildman–Crippen LogP) is 4.35. The number of methoxy groups -OCH3 is 1. The van der Waals surface area contributed by atoms with Crippen molar-refractivity contribution in [2.24, 2.45) is 29.4 Å². The molecule has 0 saturated heterocycles. The van der Waals surface area contributed by atoms with Crippen LogP contribution in [-0.4, -0.2) is 49.4 Å². The zero-order valence-electron chi connectivity index (χ0n) is 24.0. The van der Waals surface area contributed by atoms with Crippen LogP contribution >= 0.6 is 0 Å². The Kier molecular flexibility index (Phi) is 14.0. The van der Waals surface area contributed by atoms with E-state index in [0.717, 1.165) is 6.42 Å². The molecular formula is C30H47N3O6. The fourth-order valence-electron chi connectivity index (χ4n) is 4.45. The summed E-state index contributed by atoms with van der Waals surface area (Å²) >= 11 is 0. The minimum absolute atomic E-state index is 0.0203. The molecule has 0 bridgehead atoms. The van der Waals surface area contributed by atoms with E-state index in [1.807, 2.05) is 52.0 Å². The quantitative estimate of drug-likeness (QED) is 0.204. The van der Waals surface area contributed by atoms with Gasteiger partial charge >= 0.3 is 0 Å². The first-order chi connectivity index (χ1) is 18.6. The van der Waals surface area contributed by atoms with Crippen LogP contribution in [0.1, 0.15) is 59.1 Å². The largest absolute Gasteiger partial charge is 0.491 e. The van der Waals surface area contributed by atoms with Crippen molar-refractivity contribution in [3.05, 3.63) is 48.4 Å². The predicted molar refractivity (Wildman–Crippen MR) is 152 cm³/mol. The lowest BCUT2D eigenvalue weighted by Crippen LogP contribution is -2.42. The van der Waals surface area contributed by atoms with Gasteiger partial charge in [0, 0.05) is 38.5 Å². The maximum Gasteiger partial charge on any atom is 0.224 e. The fraction of sp³-hybridized carbons (Fsp3) is 0.600. The summed E-state index contributed by atoms with van der Waals surface area (Å²) in [5.74, 6) is 0.744. The summed E-state index contributed by atoms with van der Waals surface area (Å²) in [7, 11) is 1.65. The van der Waals surface area contributed by atoms with E-state index in [9.17, 15) is 14.7 Å². The van der Waals surface area contributed by atoms with Gasteiger partial charge in [0.15, 0.2) is 0 Å². The summed E-state index contributed by atoms with van der Waals surface area (Å²) in [6, 6.07) is 10.3. The molecule has 0 radical (unpaired) electrons. The van der Waals surface area contributed by atoms with Crippen molar-refractivity contribution in [3.63, 3.8) is 0 Å². The molecule has 2 rings (SSSR count). The standard InChI is InChI=1S/C30H47N3O6/c1-20(2)22(17-29(35)33-26-11-6-7-12-28(26)39-15-9-13-37-5)16-25(31)27(34)18-24(21(3)4)30(36)32-19-23-10-8-14-38-23/h6-8,10-12,14,20-22,24-25,27,34H,9,13,15-19,31H2,1-5H3,(H,32,36)(H,33,35)/t22-,24+,25+,27+/m1/s1. The highest BCUT2D eigenvalue weighted by atomic mass is 16.5. The molecular weight excluding hydrogens is 498 g/mol. The second-order valence-electron chi connectivity index (χ2n) is 10.8. The third-order valence-electron chi connectivity index (χ3n) is 7.02. The molecule has 0 unspecified atom stereocenters. The van der Waals surface area contributed by atoms with Crippen molar-refractivity contribution in [3.8, 4) is 5.75 Å². The molecule has 1 aromatic carbocycles. The van der Waals surface area contributed by atoms with Crippen molar-refractivity contribution >= 4 is 17.5 Å². The fourth-order valence-corrected chi connectivity index (χ4v) is 4.45. The number of nitrogens with two attached hydrogens (primary N) is 1. The average Bonchev–Trinajstić information content (AvgIpc) is 3.42. The number of rotatable bonds is 18. The van der Waals surface area contributed by atoms with Crippen LogP contribution in [-0.2, 0) is 20.9 Å². The van der Waals surface area contributed by atoms with Crippen molar-refractivity contribution in [2.45, 2.75) is 72.1 Å². The van der Waals surface area contributed by atoms with E-state index >= 15 is 0 Å². The monoisotopic (exact) mass is 545 g/mol. The van der Waals surface area contributed by atoms with Gasteiger partial charge in [0.05, 0.1) is 31.2 Å². The van der Waals surface area contributed by atoms with Crippen LogP contribution in [0, 0.1) is 23.7 Å². The molecule has 5 N–H and O–H groups in total. The number of carbonyl (C=O) groups excluding carboxylic acids is 2. The molecule has 218 valence electrons. The minimum atomic E-state index is -0.877. The summed E-state index contributed by atoms with van der Waals surface area (Å²) in [4.78, 5) is 25.8. The number of furan rings is 1. The van der Waals surface area contributed by atoms with E-state index in [1.54, 1.807) is 25.5 Å². The zero-order chi connectivity index (χ0) is 28.8. The van der Waals surface area contributed by atoms with Crippen LogP contribution in [0.3, 0.4) is 0 Å². The minimum Gasteiger partial charge on any atom is -0.491 e. The Morgan fingerprint density at radius 1 is 1.03 bits per heavy atom. The van der Waals surface area contributed by atoms with E-state index in [0.29, 0.717) is 43.4 Å². The summed E-state index contributed by atoms with van der Waals surface area (Å²) in [5.41, 5.74) is 7.05. The summed E-state index contributed by atoms with van der Waals surface area (Å²) in [5, 5.41) is 16.8. The number of para-hydroxylation sites is 2. The molecule has 1 heterocycles. The molecule has 0 aliphatic heterocycles. The maximum absolute atomic E-state index is 13.0. The van der Waals surface area contributed by atoms with Gasteiger partial charge in [-0.25, -0.2) is 0 Å². The van der Waals surface area contributed by atoms with E-state index in [2.05, 4.69) is 10.6 Å². The molecule has 0 aliphatic rings. The van der Waals surface area contributed by atoms with Gasteiger partial charge in [0.1, 0.15) is 11.5 Å². The van der Waals surface area contributed by atoms with Gasteiger partial charge in [-0.05, 0) is 54.9 Å². The number of aliphatic hydroxyl groups excluding tert-OH is 1. The van der Waals surface area contributed by atoms with Gasteiger partial charge in [-0.2, -0.15) is 0 Å². The molecule has 0 aliphatic carbocycles. The van der Waals surface area contributed by atoms with E-state index in [1.165, 1.54) is 0 Å². The van der Waals surface area contributed by atoms with Crippen molar-refractivity contribution in [2.75, 3.05) is 25.6 Å². The van der Waals surface area contributed by atoms with Crippen molar-refractivity contribution in [1.82, 2.24) is 5.32 Å². The molecule has 0 fully saturated rings. The van der Waals surface area contributed by atoms with Crippen LogP contribution in [0.25, 0.3) is 0 Å². The summed E-state index contributed by atoms with van der Waals surface area (Å²) in [6.45, 7) is 9.38. The number of benzene rings is 1. The van der Waals surface area contributed by atoms with Gasteiger partial charge < -0.3 is 35.4 Å². The topological polar surface area (TPSA) is 136 Å².